The highest BCUT2D eigenvalue weighted by molar-refractivity contribution is 6.35. The molecule has 0 saturated heterocycles. The van der Waals surface area contributed by atoms with Gasteiger partial charge in [0.25, 0.3) is 5.91 Å². The van der Waals surface area contributed by atoms with Crippen molar-refractivity contribution < 1.29 is 14.3 Å². The highest BCUT2D eigenvalue weighted by Crippen LogP contribution is 2.29. The summed E-state index contributed by atoms with van der Waals surface area (Å²) in [5, 5.41) is 4.29. The zero-order valence-corrected chi connectivity index (χ0v) is 18.2. The van der Waals surface area contributed by atoms with Crippen molar-refractivity contribution in [1.82, 2.24) is 10.3 Å². The lowest BCUT2D eigenvalue weighted by Gasteiger charge is -2.12. The first-order chi connectivity index (χ1) is 15.7. The van der Waals surface area contributed by atoms with Crippen molar-refractivity contribution >= 4 is 28.4 Å². The van der Waals surface area contributed by atoms with Crippen LogP contribution in [0.2, 0.25) is 5.02 Å². The van der Waals surface area contributed by atoms with E-state index in [2.05, 4.69) is 10.3 Å². The lowest BCUT2D eigenvalue weighted by Crippen LogP contribution is -2.28. The van der Waals surface area contributed by atoms with E-state index in [4.69, 9.17) is 21.1 Å². The molecule has 0 saturated carbocycles. The van der Waals surface area contributed by atoms with Gasteiger partial charge in [-0.3, -0.25) is 9.78 Å². The third-order valence-corrected chi connectivity index (χ3v) is 5.33. The number of ether oxygens (including phenoxy) is 2. The maximum Gasteiger partial charge on any atom is 0.258 e. The van der Waals surface area contributed by atoms with E-state index >= 15 is 0 Å². The lowest BCUT2D eigenvalue weighted by atomic mass is 10.1. The van der Waals surface area contributed by atoms with Crippen LogP contribution in [0, 0.1) is 0 Å². The van der Waals surface area contributed by atoms with Crippen LogP contribution < -0.4 is 10.1 Å². The number of nitrogens with one attached hydrogen (secondary N) is 1. The van der Waals surface area contributed by atoms with Gasteiger partial charge in [-0.1, -0.05) is 66.2 Å². The monoisotopic (exact) mass is 446 g/mol. The number of hydrogen-bond donors (Lipinski definition) is 1. The van der Waals surface area contributed by atoms with Crippen molar-refractivity contribution in [3.63, 3.8) is 0 Å². The largest absolute Gasteiger partial charge is 0.481 e. The standard InChI is InChI=1S/C26H23ClN2O3/c27-23-12-13-24(26-22(23)11-6-14-28-26)32-18-25(30)29-15-20-9-4-5-10-21(20)17-31-16-19-7-2-1-3-8-19/h1-14H,15-18H2,(H,29,30). The molecule has 1 aromatic heterocycles. The molecule has 0 spiro atoms. The minimum absolute atomic E-state index is 0.111. The normalized spacial score (nSPS) is 10.8. The van der Waals surface area contributed by atoms with E-state index < -0.39 is 0 Å². The molecule has 32 heavy (non-hydrogen) atoms. The number of carbonyl (C=O) groups excluding carboxylic acids is 1. The number of amides is 1. The predicted octanol–water partition coefficient (Wildman–Crippen LogP) is 5.30. The van der Waals surface area contributed by atoms with Crippen LogP contribution >= 0.6 is 11.6 Å². The molecule has 6 heteroatoms. The molecule has 5 nitrogen and oxygen atoms in total. The Balaban J connectivity index is 1.30. The fraction of sp³-hybridized carbons (Fsp3) is 0.154. The number of carbonyl (C=O) groups is 1. The Morgan fingerprint density at radius 1 is 0.875 bits per heavy atom. The minimum atomic E-state index is -0.218. The highest BCUT2D eigenvalue weighted by Gasteiger charge is 2.10. The van der Waals surface area contributed by atoms with E-state index in [1.165, 1.54) is 0 Å². The molecule has 0 atom stereocenters. The van der Waals surface area contributed by atoms with Crippen molar-refractivity contribution in [3.05, 3.63) is 107 Å². The Morgan fingerprint density at radius 2 is 1.66 bits per heavy atom. The predicted molar refractivity (Wildman–Crippen MR) is 125 cm³/mol. The molecule has 0 aliphatic rings. The quantitative estimate of drug-likeness (QED) is 0.379. The van der Waals surface area contributed by atoms with Crippen molar-refractivity contribution in [3.8, 4) is 5.75 Å². The summed E-state index contributed by atoms with van der Waals surface area (Å²) in [6, 6.07) is 25.1. The zero-order valence-electron chi connectivity index (χ0n) is 17.5. The van der Waals surface area contributed by atoms with Crippen LogP contribution in [0.1, 0.15) is 16.7 Å². The topological polar surface area (TPSA) is 60.5 Å². The molecule has 0 fully saturated rings. The van der Waals surface area contributed by atoms with Gasteiger partial charge in [-0.2, -0.15) is 0 Å². The molecule has 0 unspecified atom stereocenters. The summed E-state index contributed by atoms with van der Waals surface area (Å²) in [4.78, 5) is 16.7. The number of benzene rings is 3. The van der Waals surface area contributed by atoms with Gasteiger partial charge in [0, 0.05) is 18.1 Å². The van der Waals surface area contributed by atoms with E-state index in [1.54, 1.807) is 18.3 Å². The third-order valence-electron chi connectivity index (χ3n) is 5.00. The van der Waals surface area contributed by atoms with Gasteiger partial charge >= 0.3 is 0 Å². The summed E-state index contributed by atoms with van der Waals surface area (Å²) in [6.07, 6.45) is 1.67. The minimum Gasteiger partial charge on any atom is -0.481 e. The second-order valence-electron chi connectivity index (χ2n) is 7.26. The maximum absolute atomic E-state index is 12.4. The molecule has 0 radical (unpaired) electrons. The van der Waals surface area contributed by atoms with E-state index in [1.807, 2.05) is 66.7 Å². The third kappa shape index (κ3) is 5.63. The first-order valence-corrected chi connectivity index (χ1v) is 10.7. The van der Waals surface area contributed by atoms with E-state index in [-0.39, 0.29) is 12.5 Å². The van der Waals surface area contributed by atoms with Gasteiger partial charge in [0.05, 0.1) is 18.2 Å². The van der Waals surface area contributed by atoms with E-state index in [0.717, 1.165) is 22.1 Å². The number of halogens is 1. The summed E-state index contributed by atoms with van der Waals surface area (Å²) >= 11 is 6.21. The Kier molecular flexibility index (Phi) is 7.33. The molecule has 162 valence electrons. The summed E-state index contributed by atoms with van der Waals surface area (Å²) < 4.78 is 11.6. The number of pyridine rings is 1. The van der Waals surface area contributed by atoms with Crippen LogP contribution in [0.15, 0.2) is 85.1 Å². The molecule has 1 amide bonds. The number of nitrogens with zero attached hydrogens (tertiary/aromatic N) is 1. The Bertz CT molecular complexity index is 1200. The highest BCUT2D eigenvalue weighted by atomic mass is 35.5. The van der Waals surface area contributed by atoms with Crippen LogP contribution in [-0.2, 0) is 29.3 Å². The van der Waals surface area contributed by atoms with Crippen LogP contribution in [0.25, 0.3) is 10.9 Å². The molecule has 1 N–H and O–H groups in total. The summed E-state index contributed by atoms with van der Waals surface area (Å²) in [7, 11) is 0. The molecule has 3 aromatic carbocycles. The summed E-state index contributed by atoms with van der Waals surface area (Å²) in [6.45, 7) is 1.30. The van der Waals surface area contributed by atoms with Gasteiger partial charge in [0.1, 0.15) is 11.3 Å². The summed E-state index contributed by atoms with van der Waals surface area (Å²) in [5.41, 5.74) is 3.80. The van der Waals surface area contributed by atoms with Crippen LogP contribution in [0.4, 0.5) is 0 Å². The average molecular weight is 447 g/mol. The Hall–Kier alpha value is -3.41. The van der Waals surface area contributed by atoms with E-state index in [9.17, 15) is 4.79 Å². The van der Waals surface area contributed by atoms with Crippen molar-refractivity contribution in [2.24, 2.45) is 0 Å². The van der Waals surface area contributed by atoms with Gasteiger partial charge in [0.15, 0.2) is 6.61 Å². The van der Waals surface area contributed by atoms with Gasteiger partial charge in [-0.15, -0.1) is 0 Å². The lowest BCUT2D eigenvalue weighted by molar-refractivity contribution is -0.123. The van der Waals surface area contributed by atoms with Crippen molar-refractivity contribution in [2.75, 3.05) is 6.61 Å². The Labute approximate surface area is 192 Å². The van der Waals surface area contributed by atoms with Crippen LogP contribution in [0.5, 0.6) is 5.75 Å². The first-order valence-electron chi connectivity index (χ1n) is 10.3. The van der Waals surface area contributed by atoms with Gasteiger partial charge in [-0.05, 0) is 41.0 Å². The smallest absolute Gasteiger partial charge is 0.258 e. The number of fused-ring (bicyclic) bond motifs is 1. The summed E-state index contributed by atoms with van der Waals surface area (Å²) in [5.74, 6) is 0.305. The first kappa shape index (κ1) is 21.8. The van der Waals surface area contributed by atoms with E-state index in [0.29, 0.717) is 36.0 Å². The molecule has 1 heterocycles. The SMILES string of the molecule is O=C(COc1ccc(Cl)c2cccnc12)NCc1ccccc1COCc1ccccc1. The molecular formula is C26H23ClN2O3. The Morgan fingerprint density at radius 3 is 2.50 bits per heavy atom. The maximum atomic E-state index is 12.4. The van der Waals surface area contributed by atoms with Crippen molar-refractivity contribution in [1.29, 1.82) is 0 Å². The second-order valence-corrected chi connectivity index (χ2v) is 7.66. The molecule has 4 rings (SSSR count). The van der Waals surface area contributed by atoms with Crippen molar-refractivity contribution in [2.45, 2.75) is 19.8 Å². The fourth-order valence-electron chi connectivity index (χ4n) is 3.34. The van der Waals surface area contributed by atoms with Crippen LogP contribution in [0.3, 0.4) is 0 Å². The molecule has 0 bridgehead atoms. The zero-order chi connectivity index (χ0) is 22.2. The van der Waals surface area contributed by atoms with Crippen LogP contribution in [-0.4, -0.2) is 17.5 Å². The number of hydrogen-bond acceptors (Lipinski definition) is 4. The molecular weight excluding hydrogens is 424 g/mol. The fourth-order valence-corrected chi connectivity index (χ4v) is 3.56. The average Bonchev–Trinajstić information content (AvgIpc) is 2.84. The number of rotatable bonds is 9. The van der Waals surface area contributed by atoms with Gasteiger partial charge < -0.3 is 14.8 Å². The van der Waals surface area contributed by atoms with Gasteiger partial charge in [-0.25, -0.2) is 0 Å². The molecule has 0 aliphatic carbocycles. The molecule has 0 aliphatic heterocycles. The second kappa shape index (κ2) is 10.8. The molecule has 4 aromatic rings. The number of aromatic nitrogens is 1. The van der Waals surface area contributed by atoms with Gasteiger partial charge in [0.2, 0.25) is 0 Å².